The van der Waals surface area contributed by atoms with Gasteiger partial charge in [-0.15, -0.1) is 0 Å². The van der Waals surface area contributed by atoms with Crippen molar-refractivity contribution in [3.63, 3.8) is 0 Å². The molecule has 1 amide bonds. The maximum Gasteiger partial charge on any atom is 0.252 e. The number of hydrogen-bond donors (Lipinski definition) is 2. The van der Waals surface area contributed by atoms with Crippen molar-refractivity contribution in [2.75, 3.05) is 45.3 Å². The molecule has 2 N–H and O–H groups in total. The van der Waals surface area contributed by atoms with Crippen molar-refractivity contribution >= 4 is 23.3 Å². The van der Waals surface area contributed by atoms with Gasteiger partial charge in [-0.2, -0.15) is 0 Å². The number of hydrogen-bond acceptors (Lipinski definition) is 5. The smallest absolute Gasteiger partial charge is 0.252 e. The molecule has 0 fully saturated rings. The number of carbonyl (C=O) groups is 1. The summed E-state index contributed by atoms with van der Waals surface area (Å²) < 4.78 is 10.1. The summed E-state index contributed by atoms with van der Waals surface area (Å²) in [7, 11) is 1.61. The van der Waals surface area contributed by atoms with Crippen LogP contribution in [0.3, 0.4) is 0 Å². The lowest BCUT2D eigenvalue weighted by atomic mass is 10.2. The van der Waals surface area contributed by atoms with E-state index in [0.717, 1.165) is 13.0 Å². The average molecular weight is 316 g/mol. The van der Waals surface area contributed by atoms with Crippen LogP contribution < -0.4 is 10.6 Å². The Morgan fingerprint density at radius 1 is 1.33 bits per heavy atom. The van der Waals surface area contributed by atoms with Gasteiger partial charge in [-0.25, -0.2) is 4.98 Å². The van der Waals surface area contributed by atoms with Gasteiger partial charge in [0.2, 0.25) is 0 Å². The van der Waals surface area contributed by atoms with E-state index in [-0.39, 0.29) is 5.91 Å². The van der Waals surface area contributed by atoms with Gasteiger partial charge in [0.25, 0.3) is 5.91 Å². The van der Waals surface area contributed by atoms with E-state index >= 15 is 0 Å². The molecule has 1 rings (SSSR count). The van der Waals surface area contributed by atoms with Crippen molar-refractivity contribution in [1.82, 2.24) is 10.3 Å². The van der Waals surface area contributed by atoms with Crippen molar-refractivity contribution in [2.24, 2.45) is 0 Å². The van der Waals surface area contributed by atoms with Crippen molar-refractivity contribution in [1.29, 1.82) is 0 Å². The van der Waals surface area contributed by atoms with Crippen molar-refractivity contribution in [2.45, 2.75) is 13.3 Å². The molecule has 0 atom stereocenters. The van der Waals surface area contributed by atoms with Gasteiger partial charge in [-0.05, 0) is 12.5 Å². The minimum Gasteiger partial charge on any atom is -0.382 e. The molecule has 0 bridgehead atoms. The maximum absolute atomic E-state index is 11.9. The summed E-state index contributed by atoms with van der Waals surface area (Å²) in [5.41, 5.74) is 0.430. The lowest BCUT2D eigenvalue weighted by Crippen LogP contribution is -2.27. The maximum atomic E-state index is 11.9. The number of methoxy groups -OCH3 is 1. The second kappa shape index (κ2) is 10.4. The predicted octanol–water partition coefficient (Wildman–Crippen LogP) is 1.95. The van der Waals surface area contributed by atoms with Crippen LogP contribution in [0.4, 0.5) is 5.82 Å². The number of ether oxygens (including phenoxy) is 2. The molecular formula is C14H22ClN3O3. The Morgan fingerprint density at radius 2 is 2.14 bits per heavy atom. The highest BCUT2D eigenvalue weighted by Crippen LogP contribution is 2.19. The molecule has 0 saturated heterocycles. The molecule has 118 valence electrons. The molecule has 6 nitrogen and oxygen atoms in total. The van der Waals surface area contributed by atoms with Crippen LogP contribution in [-0.4, -0.2) is 50.9 Å². The number of nitrogens with zero attached hydrogens (tertiary/aromatic N) is 1. The fourth-order valence-electron chi connectivity index (χ4n) is 1.52. The highest BCUT2D eigenvalue weighted by Gasteiger charge is 2.09. The fourth-order valence-corrected chi connectivity index (χ4v) is 1.75. The van der Waals surface area contributed by atoms with Gasteiger partial charge in [0, 0.05) is 26.4 Å². The van der Waals surface area contributed by atoms with Crippen LogP contribution >= 0.6 is 11.6 Å². The molecule has 7 heteroatoms. The van der Waals surface area contributed by atoms with E-state index in [0.29, 0.717) is 42.8 Å². The van der Waals surface area contributed by atoms with E-state index in [1.807, 2.05) is 0 Å². The number of carbonyl (C=O) groups excluding carboxylic acids is 1. The van der Waals surface area contributed by atoms with Gasteiger partial charge in [-0.3, -0.25) is 4.79 Å². The Bertz CT molecular complexity index is 443. The Hall–Kier alpha value is -1.37. The van der Waals surface area contributed by atoms with Crippen LogP contribution in [0.25, 0.3) is 0 Å². The molecule has 0 aromatic carbocycles. The summed E-state index contributed by atoms with van der Waals surface area (Å²) in [5, 5.41) is 6.27. The topological polar surface area (TPSA) is 72.5 Å². The van der Waals surface area contributed by atoms with Crippen molar-refractivity contribution in [3.8, 4) is 0 Å². The van der Waals surface area contributed by atoms with Crippen LogP contribution in [0.5, 0.6) is 0 Å². The Balaban J connectivity index is 2.38. The zero-order valence-electron chi connectivity index (χ0n) is 12.4. The first-order chi connectivity index (χ1) is 10.2. The van der Waals surface area contributed by atoms with Gasteiger partial charge in [0.1, 0.15) is 5.82 Å². The molecule has 1 aromatic heterocycles. The molecule has 0 radical (unpaired) electrons. The van der Waals surface area contributed by atoms with E-state index in [9.17, 15) is 4.79 Å². The van der Waals surface area contributed by atoms with E-state index in [4.69, 9.17) is 21.1 Å². The van der Waals surface area contributed by atoms with E-state index < -0.39 is 0 Å². The predicted molar refractivity (Wildman–Crippen MR) is 83.1 cm³/mol. The molecule has 0 aliphatic heterocycles. The number of amides is 1. The largest absolute Gasteiger partial charge is 0.382 e. The average Bonchev–Trinajstić information content (AvgIpc) is 2.49. The number of aromatic nitrogens is 1. The van der Waals surface area contributed by atoms with Crippen LogP contribution in [0.2, 0.25) is 5.02 Å². The number of halogens is 1. The third kappa shape index (κ3) is 6.75. The van der Waals surface area contributed by atoms with Crippen LogP contribution in [0, 0.1) is 0 Å². The Kier molecular flexibility index (Phi) is 8.73. The molecule has 1 heterocycles. The first kappa shape index (κ1) is 17.7. The lowest BCUT2D eigenvalue weighted by Gasteiger charge is -2.09. The Morgan fingerprint density at radius 3 is 2.81 bits per heavy atom. The summed E-state index contributed by atoms with van der Waals surface area (Å²) in [6.07, 6.45) is 2.48. The SMILES string of the molecule is CCCNc1ncc(C(=O)NCCOCCOC)cc1Cl. The van der Waals surface area contributed by atoms with E-state index in [2.05, 4.69) is 22.5 Å². The van der Waals surface area contributed by atoms with E-state index in [1.54, 1.807) is 13.2 Å². The van der Waals surface area contributed by atoms with E-state index in [1.165, 1.54) is 6.20 Å². The van der Waals surface area contributed by atoms with Gasteiger partial charge >= 0.3 is 0 Å². The number of rotatable bonds is 10. The fraction of sp³-hybridized carbons (Fsp3) is 0.571. The summed E-state index contributed by atoms with van der Waals surface area (Å²) in [6.45, 7) is 4.76. The standard InChI is InChI=1S/C14H22ClN3O3/c1-3-4-16-13-12(15)9-11(10-18-13)14(19)17-5-6-21-8-7-20-2/h9-10H,3-8H2,1-2H3,(H,16,18)(H,17,19). The van der Waals surface area contributed by atoms with Gasteiger partial charge < -0.3 is 20.1 Å². The number of anilines is 1. The molecule has 0 unspecified atom stereocenters. The first-order valence-electron chi connectivity index (χ1n) is 6.93. The molecule has 0 saturated carbocycles. The van der Waals surface area contributed by atoms with Gasteiger partial charge in [-0.1, -0.05) is 18.5 Å². The quantitative estimate of drug-likeness (QED) is 0.646. The second-order valence-electron chi connectivity index (χ2n) is 4.34. The van der Waals surface area contributed by atoms with Gasteiger partial charge in [0.05, 0.1) is 30.4 Å². The van der Waals surface area contributed by atoms with Crippen LogP contribution in [0.15, 0.2) is 12.3 Å². The third-order valence-corrected chi connectivity index (χ3v) is 2.90. The highest BCUT2D eigenvalue weighted by molar-refractivity contribution is 6.33. The highest BCUT2D eigenvalue weighted by atomic mass is 35.5. The van der Waals surface area contributed by atoms with Crippen molar-refractivity contribution < 1.29 is 14.3 Å². The van der Waals surface area contributed by atoms with Gasteiger partial charge in [0.15, 0.2) is 0 Å². The summed E-state index contributed by atoms with van der Waals surface area (Å²) in [5.74, 6) is 0.375. The molecule has 1 aromatic rings. The second-order valence-corrected chi connectivity index (χ2v) is 4.75. The first-order valence-corrected chi connectivity index (χ1v) is 7.31. The molecule has 0 aliphatic carbocycles. The summed E-state index contributed by atoms with van der Waals surface area (Å²) in [4.78, 5) is 16.1. The lowest BCUT2D eigenvalue weighted by molar-refractivity contribution is 0.0692. The zero-order chi connectivity index (χ0) is 15.5. The minimum absolute atomic E-state index is 0.221. The summed E-state index contributed by atoms with van der Waals surface area (Å²) >= 11 is 6.08. The molecular weight excluding hydrogens is 294 g/mol. The Labute approximate surface area is 130 Å². The third-order valence-electron chi connectivity index (χ3n) is 2.61. The van der Waals surface area contributed by atoms with Crippen LogP contribution in [0.1, 0.15) is 23.7 Å². The number of pyridine rings is 1. The molecule has 21 heavy (non-hydrogen) atoms. The normalized spacial score (nSPS) is 10.4. The molecule has 0 aliphatic rings. The zero-order valence-corrected chi connectivity index (χ0v) is 13.2. The minimum atomic E-state index is -0.221. The summed E-state index contributed by atoms with van der Waals surface area (Å²) in [6, 6.07) is 1.60. The van der Waals surface area contributed by atoms with Crippen LogP contribution in [-0.2, 0) is 9.47 Å². The number of nitrogens with one attached hydrogen (secondary N) is 2. The molecule has 0 spiro atoms. The monoisotopic (exact) mass is 315 g/mol. The van der Waals surface area contributed by atoms with Crippen molar-refractivity contribution in [3.05, 3.63) is 22.8 Å².